The Labute approximate surface area is 139 Å². The van der Waals surface area contributed by atoms with E-state index in [-0.39, 0.29) is 18.7 Å². The molecule has 0 radical (unpaired) electrons. The van der Waals surface area contributed by atoms with Crippen LogP contribution in [0.15, 0.2) is 24.3 Å². The number of halogens is 7. The van der Waals surface area contributed by atoms with Crippen LogP contribution in [0.5, 0.6) is 5.75 Å². The number of nitrogens with zero attached hydrogens (tertiary/aromatic N) is 1. The quantitative estimate of drug-likeness (QED) is 0.767. The van der Waals surface area contributed by atoms with Crippen molar-refractivity contribution >= 4 is 0 Å². The molecular formula is C15H17F7N2O. The van der Waals surface area contributed by atoms with Gasteiger partial charge in [-0.05, 0) is 6.07 Å². The fourth-order valence-corrected chi connectivity index (χ4v) is 2.69. The number of hydrogen-bond donors (Lipinski definition) is 1. The zero-order chi connectivity index (χ0) is 18.7. The number of para-hydroxylation sites is 1. The minimum absolute atomic E-state index is 0.193. The third-order valence-electron chi connectivity index (χ3n) is 3.80. The van der Waals surface area contributed by atoms with E-state index >= 15 is 0 Å². The van der Waals surface area contributed by atoms with Gasteiger partial charge in [0.05, 0.1) is 6.42 Å². The van der Waals surface area contributed by atoms with E-state index in [1.807, 2.05) is 0 Å². The number of piperazine rings is 1. The van der Waals surface area contributed by atoms with Crippen LogP contribution in [-0.2, 0) is 0 Å². The summed E-state index contributed by atoms with van der Waals surface area (Å²) in [6, 6.07) is 3.45. The first-order valence-corrected chi connectivity index (χ1v) is 7.55. The van der Waals surface area contributed by atoms with Crippen LogP contribution in [0.2, 0.25) is 0 Å². The van der Waals surface area contributed by atoms with Crippen molar-refractivity contribution < 1.29 is 35.5 Å². The third kappa shape index (κ3) is 5.46. The Kier molecular flexibility index (Phi) is 6.15. The van der Waals surface area contributed by atoms with E-state index < -0.39 is 36.9 Å². The average molecular weight is 374 g/mol. The number of nitrogens with one attached hydrogen (secondary N) is 1. The van der Waals surface area contributed by atoms with Gasteiger partial charge in [0.1, 0.15) is 5.75 Å². The second-order valence-corrected chi connectivity index (χ2v) is 5.62. The van der Waals surface area contributed by atoms with Crippen LogP contribution in [0.25, 0.3) is 0 Å². The van der Waals surface area contributed by atoms with Gasteiger partial charge in [-0.15, -0.1) is 0 Å². The summed E-state index contributed by atoms with van der Waals surface area (Å²) >= 11 is 0. The highest BCUT2D eigenvalue weighted by atomic mass is 19.4. The molecule has 0 bridgehead atoms. The van der Waals surface area contributed by atoms with Gasteiger partial charge in [0.2, 0.25) is 0 Å². The molecule has 1 atom stereocenters. The van der Waals surface area contributed by atoms with E-state index in [9.17, 15) is 30.7 Å². The zero-order valence-electron chi connectivity index (χ0n) is 13.0. The Balaban J connectivity index is 2.36. The number of rotatable bonds is 6. The lowest BCUT2D eigenvalue weighted by molar-refractivity contribution is -0.253. The molecule has 1 N–H and O–H groups in total. The molecule has 0 aromatic heterocycles. The molecule has 142 valence electrons. The van der Waals surface area contributed by atoms with Crippen LogP contribution in [0, 0.1) is 0 Å². The highest BCUT2D eigenvalue weighted by molar-refractivity contribution is 5.36. The van der Waals surface area contributed by atoms with Gasteiger partial charge < -0.3 is 10.1 Å². The summed E-state index contributed by atoms with van der Waals surface area (Å²) in [6.07, 6.45) is -14.7. The SMILES string of the molecule is FC(F)C(F)(F)Oc1ccccc1[C@@H](CC(F)(F)F)N1CCNCC1. The molecule has 0 unspecified atom stereocenters. The maximum atomic E-state index is 13.2. The smallest absolute Gasteiger partial charge is 0.428 e. The molecule has 1 aliphatic heterocycles. The summed E-state index contributed by atoms with van der Waals surface area (Å²) in [5, 5.41) is 2.98. The second-order valence-electron chi connectivity index (χ2n) is 5.62. The summed E-state index contributed by atoms with van der Waals surface area (Å²) in [5.41, 5.74) is -0.193. The molecule has 1 fully saturated rings. The van der Waals surface area contributed by atoms with Gasteiger partial charge in [-0.1, -0.05) is 18.2 Å². The summed E-state index contributed by atoms with van der Waals surface area (Å²) in [6.45, 7) is 1.40. The molecule has 10 heteroatoms. The molecule has 3 nitrogen and oxygen atoms in total. The maximum absolute atomic E-state index is 13.2. The zero-order valence-corrected chi connectivity index (χ0v) is 13.0. The minimum atomic E-state index is -4.79. The van der Waals surface area contributed by atoms with Crippen molar-refractivity contribution in [1.82, 2.24) is 10.2 Å². The molecule has 0 amide bonds. The maximum Gasteiger partial charge on any atom is 0.461 e. The largest absolute Gasteiger partial charge is 0.461 e. The van der Waals surface area contributed by atoms with Crippen molar-refractivity contribution in [3.8, 4) is 5.75 Å². The fraction of sp³-hybridized carbons (Fsp3) is 0.600. The Morgan fingerprint density at radius 1 is 1.04 bits per heavy atom. The van der Waals surface area contributed by atoms with Crippen molar-refractivity contribution in [3.63, 3.8) is 0 Å². The average Bonchev–Trinajstić information content (AvgIpc) is 2.53. The molecule has 0 aliphatic carbocycles. The van der Waals surface area contributed by atoms with E-state index in [4.69, 9.17) is 0 Å². The van der Waals surface area contributed by atoms with Crippen molar-refractivity contribution in [2.24, 2.45) is 0 Å². The molecule has 1 aliphatic rings. The van der Waals surface area contributed by atoms with E-state index in [0.717, 1.165) is 6.07 Å². The van der Waals surface area contributed by atoms with Crippen molar-refractivity contribution in [2.75, 3.05) is 26.2 Å². The Hall–Kier alpha value is -1.55. The predicted molar refractivity (Wildman–Crippen MR) is 75.9 cm³/mol. The first-order valence-electron chi connectivity index (χ1n) is 7.55. The lowest BCUT2D eigenvalue weighted by Gasteiger charge is -2.36. The normalized spacial score (nSPS) is 18.4. The van der Waals surface area contributed by atoms with Crippen molar-refractivity contribution in [3.05, 3.63) is 29.8 Å². The molecular weight excluding hydrogens is 357 g/mol. The van der Waals surface area contributed by atoms with E-state index in [1.165, 1.54) is 23.1 Å². The summed E-state index contributed by atoms with van der Waals surface area (Å²) in [5.74, 6) is -0.680. The van der Waals surface area contributed by atoms with Gasteiger partial charge in [-0.25, -0.2) is 0 Å². The van der Waals surface area contributed by atoms with Crippen molar-refractivity contribution in [1.29, 1.82) is 0 Å². The Morgan fingerprint density at radius 2 is 1.64 bits per heavy atom. The molecule has 1 aromatic carbocycles. The van der Waals surface area contributed by atoms with Crippen LogP contribution in [0.4, 0.5) is 30.7 Å². The molecule has 0 saturated carbocycles. The Morgan fingerprint density at radius 3 is 2.20 bits per heavy atom. The van der Waals surface area contributed by atoms with Gasteiger partial charge in [0.25, 0.3) is 0 Å². The minimum Gasteiger partial charge on any atom is -0.428 e. The van der Waals surface area contributed by atoms with E-state index in [1.54, 1.807) is 0 Å². The van der Waals surface area contributed by atoms with E-state index in [0.29, 0.717) is 13.1 Å². The number of hydrogen-bond acceptors (Lipinski definition) is 3. The first-order chi connectivity index (χ1) is 11.6. The van der Waals surface area contributed by atoms with Crippen LogP contribution in [0.3, 0.4) is 0 Å². The van der Waals surface area contributed by atoms with Gasteiger partial charge in [-0.2, -0.15) is 30.7 Å². The highest BCUT2D eigenvalue weighted by Crippen LogP contribution is 2.40. The summed E-state index contributed by atoms with van der Waals surface area (Å²) in [4.78, 5) is 1.48. The summed E-state index contributed by atoms with van der Waals surface area (Å²) in [7, 11) is 0. The molecule has 1 saturated heterocycles. The van der Waals surface area contributed by atoms with Gasteiger partial charge >= 0.3 is 18.7 Å². The van der Waals surface area contributed by atoms with Crippen LogP contribution >= 0.6 is 0 Å². The third-order valence-corrected chi connectivity index (χ3v) is 3.80. The van der Waals surface area contributed by atoms with Crippen molar-refractivity contribution in [2.45, 2.75) is 31.2 Å². The van der Waals surface area contributed by atoms with Gasteiger partial charge in [0.15, 0.2) is 0 Å². The highest BCUT2D eigenvalue weighted by Gasteiger charge is 2.45. The van der Waals surface area contributed by atoms with E-state index in [2.05, 4.69) is 10.1 Å². The van der Waals surface area contributed by atoms with Gasteiger partial charge in [0, 0.05) is 37.8 Å². The predicted octanol–water partition coefficient (Wildman–Crippen LogP) is 3.82. The topological polar surface area (TPSA) is 24.5 Å². The number of benzene rings is 1. The first kappa shape index (κ1) is 19.8. The number of alkyl halides is 7. The van der Waals surface area contributed by atoms with Gasteiger partial charge in [-0.3, -0.25) is 4.90 Å². The molecule has 2 rings (SSSR count). The Bertz CT molecular complexity index is 559. The molecule has 1 heterocycles. The molecule has 1 aromatic rings. The summed E-state index contributed by atoms with van der Waals surface area (Å²) < 4.78 is 94.3. The fourth-order valence-electron chi connectivity index (χ4n) is 2.69. The second kappa shape index (κ2) is 7.77. The molecule has 0 spiro atoms. The lowest BCUT2D eigenvalue weighted by Crippen LogP contribution is -2.46. The van der Waals surface area contributed by atoms with Crippen LogP contribution in [0.1, 0.15) is 18.0 Å². The monoisotopic (exact) mass is 374 g/mol. The van der Waals surface area contributed by atoms with Crippen LogP contribution < -0.4 is 10.1 Å². The number of ether oxygens (including phenoxy) is 1. The molecule has 25 heavy (non-hydrogen) atoms. The lowest BCUT2D eigenvalue weighted by atomic mass is 9.99. The van der Waals surface area contributed by atoms with Crippen LogP contribution in [-0.4, -0.2) is 49.8 Å². The standard InChI is InChI=1S/C15H17F7N2O/c16-13(17)15(21,22)25-12-4-2-1-3-10(12)11(9-14(18,19)20)24-7-5-23-6-8-24/h1-4,11,13,23H,5-9H2/t11-/m1/s1.